The van der Waals surface area contributed by atoms with Gasteiger partial charge in [0.25, 0.3) is 0 Å². The van der Waals surface area contributed by atoms with Gasteiger partial charge >= 0.3 is 11.9 Å². The zero-order valence-electron chi connectivity index (χ0n) is 23.2. The minimum absolute atomic E-state index is 0.0177. The van der Waals surface area contributed by atoms with Gasteiger partial charge < -0.3 is 9.47 Å². The van der Waals surface area contributed by atoms with Crippen molar-refractivity contribution in [2.45, 2.75) is 105 Å². The Balaban J connectivity index is 1.59. The SMILES string of the molecule is C=C(C)C1CC=C2[C@@H](CC[C@]3(C)[C@@H]([C@H](C)C[C@@H]4C[C@@H](C)C(=O)O4)CC[C@@]23C)[C@@]1(C)CCC(=O)OC. The minimum Gasteiger partial charge on any atom is -0.469 e. The summed E-state index contributed by atoms with van der Waals surface area (Å²) in [5.74, 6) is 2.00. The van der Waals surface area contributed by atoms with Crippen molar-refractivity contribution in [3.8, 4) is 0 Å². The zero-order chi connectivity index (χ0) is 25.8. The number of carbonyl (C=O) groups is 2. The van der Waals surface area contributed by atoms with E-state index < -0.39 is 0 Å². The first-order valence-corrected chi connectivity index (χ1v) is 14.0. The first-order chi connectivity index (χ1) is 16.4. The Kier molecular flexibility index (Phi) is 7.10. The Bertz CT molecular complexity index is 904. The van der Waals surface area contributed by atoms with E-state index in [9.17, 15) is 9.59 Å². The highest BCUT2D eigenvalue weighted by Gasteiger charge is 2.63. The van der Waals surface area contributed by atoms with Gasteiger partial charge in [-0.05, 0) is 98.2 Å². The molecule has 196 valence electrons. The van der Waals surface area contributed by atoms with Crippen LogP contribution in [0, 0.1) is 45.8 Å². The summed E-state index contributed by atoms with van der Waals surface area (Å²) in [6.07, 6.45) is 11.8. The number of fused-ring (bicyclic) bond motifs is 3. The van der Waals surface area contributed by atoms with Crippen molar-refractivity contribution in [1.82, 2.24) is 0 Å². The van der Waals surface area contributed by atoms with Gasteiger partial charge in [-0.3, -0.25) is 9.59 Å². The molecular formula is C31H48O4. The smallest absolute Gasteiger partial charge is 0.309 e. The maximum absolute atomic E-state index is 12.1. The fraction of sp³-hybridized carbons (Fsp3) is 0.806. The van der Waals surface area contributed by atoms with Gasteiger partial charge in [0.1, 0.15) is 6.10 Å². The number of methoxy groups -OCH3 is 1. The minimum atomic E-state index is -0.105. The maximum atomic E-state index is 12.1. The van der Waals surface area contributed by atoms with Gasteiger partial charge in [0.2, 0.25) is 0 Å². The van der Waals surface area contributed by atoms with Crippen molar-refractivity contribution in [1.29, 1.82) is 0 Å². The molecular weight excluding hydrogens is 436 g/mol. The van der Waals surface area contributed by atoms with Crippen LogP contribution in [-0.4, -0.2) is 25.2 Å². The normalized spacial score (nSPS) is 43.6. The Labute approximate surface area is 213 Å². The van der Waals surface area contributed by atoms with Crippen LogP contribution in [0.15, 0.2) is 23.8 Å². The summed E-state index contributed by atoms with van der Waals surface area (Å²) in [4.78, 5) is 24.1. The summed E-state index contributed by atoms with van der Waals surface area (Å²) < 4.78 is 10.7. The van der Waals surface area contributed by atoms with Gasteiger partial charge in [-0.25, -0.2) is 0 Å². The molecule has 4 heteroatoms. The zero-order valence-corrected chi connectivity index (χ0v) is 23.2. The summed E-state index contributed by atoms with van der Waals surface area (Å²) >= 11 is 0. The average Bonchev–Trinajstić information content (AvgIpc) is 3.26. The predicted molar refractivity (Wildman–Crippen MR) is 139 cm³/mol. The second-order valence-electron chi connectivity index (χ2n) is 13.3. The molecule has 0 bridgehead atoms. The Morgan fingerprint density at radius 3 is 2.57 bits per heavy atom. The van der Waals surface area contributed by atoms with Gasteiger partial charge in [0.15, 0.2) is 0 Å². The van der Waals surface area contributed by atoms with Crippen molar-refractivity contribution in [3.63, 3.8) is 0 Å². The fourth-order valence-electron chi connectivity index (χ4n) is 9.23. The monoisotopic (exact) mass is 484 g/mol. The first kappa shape index (κ1) is 26.5. The molecule has 0 spiro atoms. The summed E-state index contributed by atoms with van der Waals surface area (Å²) in [5, 5.41) is 0. The molecule has 35 heavy (non-hydrogen) atoms. The van der Waals surface area contributed by atoms with Gasteiger partial charge in [0, 0.05) is 6.42 Å². The van der Waals surface area contributed by atoms with Gasteiger partial charge in [-0.1, -0.05) is 58.4 Å². The van der Waals surface area contributed by atoms with E-state index in [1.165, 1.54) is 38.4 Å². The molecule has 0 amide bonds. The van der Waals surface area contributed by atoms with E-state index in [-0.39, 0.29) is 40.2 Å². The number of ether oxygens (including phenoxy) is 2. The highest BCUT2D eigenvalue weighted by molar-refractivity contribution is 5.74. The van der Waals surface area contributed by atoms with E-state index in [4.69, 9.17) is 9.47 Å². The lowest BCUT2D eigenvalue weighted by atomic mass is 9.44. The molecule has 9 atom stereocenters. The van der Waals surface area contributed by atoms with E-state index in [0.717, 1.165) is 25.7 Å². The number of carbonyl (C=O) groups excluding carboxylic acids is 2. The molecule has 4 aliphatic rings. The van der Waals surface area contributed by atoms with E-state index in [0.29, 0.717) is 30.1 Å². The van der Waals surface area contributed by atoms with Gasteiger partial charge in [-0.2, -0.15) is 0 Å². The molecule has 3 aliphatic carbocycles. The third-order valence-corrected chi connectivity index (χ3v) is 11.5. The van der Waals surface area contributed by atoms with Crippen molar-refractivity contribution in [2.24, 2.45) is 45.8 Å². The van der Waals surface area contributed by atoms with Crippen LogP contribution in [0.5, 0.6) is 0 Å². The Morgan fingerprint density at radius 2 is 1.97 bits per heavy atom. The van der Waals surface area contributed by atoms with Crippen LogP contribution in [0.1, 0.15) is 99.3 Å². The summed E-state index contributed by atoms with van der Waals surface area (Å²) in [7, 11) is 1.49. The fourth-order valence-corrected chi connectivity index (χ4v) is 9.23. The molecule has 4 rings (SSSR count). The van der Waals surface area contributed by atoms with E-state index in [2.05, 4.69) is 47.3 Å². The van der Waals surface area contributed by atoms with E-state index >= 15 is 0 Å². The predicted octanol–water partition coefficient (Wildman–Crippen LogP) is 7.28. The third kappa shape index (κ3) is 4.21. The number of hydrogen-bond acceptors (Lipinski definition) is 4. The van der Waals surface area contributed by atoms with Crippen molar-refractivity contribution >= 4 is 11.9 Å². The molecule has 1 heterocycles. The van der Waals surface area contributed by atoms with Gasteiger partial charge in [-0.15, -0.1) is 0 Å². The number of cyclic esters (lactones) is 1. The van der Waals surface area contributed by atoms with Crippen LogP contribution in [0.4, 0.5) is 0 Å². The highest BCUT2D eigenvalue weighted by Crippen LogP contribution is 2.72. The number of rotatable bonds is 7. The largest absolute Gasteiger partial charge is 0.469 e. The van der Waals surface area contributed by atoms with Crippen LogP contribution in [0.2, 0.25) is 0 Å². The van der Waals surface area contributed by atoms with E-state index in [1.807, 2.05) is 6.92 Å². The molecule has 0 radical (unpaired) electrons. The molecule has 3 fully saturated rings. The lowest BCUT2D eigenvalue weighted by Crippen LogP contribution is -2.52. The molecule has 1 saturated heterocycles. The van der Waals surface area contributed by atoms with Crippen LogP contribution >= 0.6 is 0 Å². The average molecular weight is 485 g/mol. The Hall–Kier alpha value is -1.58. The molecule has 0 aromatic carbocycles. The summed E-state index contributed by atoms with van der Waals surface area (Å²) in [6, 6.07) is 0. The lowest BCUT2D eigenvalue weighted by Gasteiger charge is -2.60. The van der Waals surface area contributed by atoms with E-state index in [1.54, 1.807) is 5.57 Å². The lowest BCUT2D eigenvalue weighted by molar-refractivity contribution is -0.145. The van der Waals surface area contributed by atoms with Crippen LogP contribution in [-0.2, 0) is 19.1 Å². The van der Waals surface area contributed by atoms with Crippen LogP contribution in [0.3, 0.4) is 0 Å². The molecule has 4 nitrogen and oxygen atoms in total. The van der Waals surface area contributed by atoms with Crippen LogP contribution < -0.4 is 0 Å². The molecule has 2 saturated carbocycles. The summed E-state index contributed by atoms with van der Waals surface area (Å²) in [5.41, 5.74) is 3.37. The van der Waals surface area contributed by atoms with Crippen molar-refractivity contribution in [2.75, 3.05) is 7.11 Å². The van der Waals surface area contributed by atoms with Crippen LogP contribution in [0.25, 0.3) is 0 Å². The quantitative estimate of drug-likeness (QED) is 0.281. The molecule has 0 N–H and O–H groups in total. The molecule has 1 aliphatic heterocycles. The summed E-state index contributed by atoms with van der Waals surface area (Å²) in [6.45, 7) is 18.4. The first-order valence-electron chi connectivity index (χ1n) is 14.0. The van der Waals surface area contributed by atoms with Crippen molar-refractivity contribution in [3.05, 3.63) is 23.8 Å². The second kappa shape index (κ2) is 9.38. The highest BCUT2D eigenvalue weighted by atomic mass is 16.6. The number of hydrogen-bond donors (Lipinski definition) is 0. The third-order valence-electron chi connectivity index (χ3n) is 11.5. The van der Waals surface area contributed by atoms with Crippen molar-refractivity contribution < 1.29 is 19.1 Å². The number of allylic oxidation sites excluding steroid dienone is 3. The topological polar surface area (TPSA) is 52.6 Å². The molecule has 0 aromatic rings. The molecule has 0 aromatic heterocycles. The second-order valence-corrected chi connectivity index (χ2v) is 13.3. The molecule has 1 unspecified atom stereocenters. The standard InChI is InChI=1S/C31H48O4/c1-19(2)23-9-10-26-25(29(23,5)14-13-27(32)34-8)12-16-30(6)24(11-15-31(26,30)7)20(3)17-22-18-21(4)28(33)35-22/h10,20-25H,1,9,11-18H2,2-8H3/t20-,21-,22-,23?,24-,25-,29+,30-,31+/m1/s1. The Morgan fingerprint density at radius 1 is 1.26 bits per heavy atom. The number of esters is 2. The maximum Gasteiger partial charge on any atom is 0.309 e. The van der Waals surface area contributed by atoms with Gasteiger partial charge in [0.05, 0.1) is 13.0 Å².